The van der Waals surface area contributed by atoms with Crippen LogP contribution in [-0.2, 0) is 0 Å². The quantitative estimate of drug-likeness (QED) is 0.894. The number of carbonyl (C=O) groups is 1. The first kappa shape index (κ1) is 16.3. The second-order valence-corrected chi connectivity index (χ2v) is 6.29. The number of hydrogen-bond acceptors (Lipinski definition) is 2. The molecule has 0 aromatic heterocycles. The zero-order chi connectivity index (χ0) is 14.6. The summed E-state index contributed by atoms with van der Waals surface area (Å²) in [4.78, 5) is 12.2. The van der Waals surface area contributed by atoms with Crippen molar-refractivity contribution in [3.8, 4) is 0 Å². The SMILES string of the molecule is CC(C)(C)C(CCO)NC(=O)c1cccc(Cl)c1Cl. The van der Waals surface area contributed by atoms with Gasteiger partial charge in [0.15, 0.2) is 0 Å². The number of carbonyl (C=O) groups excluding carboxylic acids is 1. The zero-order valence-electron chi connectivity index (χ0n) is 11.3. The molecule has 1 unspecified atom stereocenters. The Bertz CT molecular complexity index is 455. The Balaban J connectivity index is 2.91. The molecule has 3 nitrogen and oxygen atoms in total. The maximum absolute atomic E-state index is 12.2. The standard InChI is InChI=1S/C14H19Cl2NO2/c1-14(2,3)11(7-8-18)17-13(19)9-5-4-6-10(15)12(9)16/h4-6,11,18H,7-8H2,1-3H3,(H,17,19). The number of amides is 1. The minimum atomic E-state index is -0.277. The molecule has 5 heteroatoms. The van der Waals surface area contributed by atoms with E-state index in [4.69, 9.17) is 28.3 Å². The van der Waals surface area contributed by atoms with Crippen LogP contribution in [0.4, 0.5) is 0 Å². The topological polar surface area (TPSA) is 49.3 Å². The molecule has 0 aliphatic carbocycles. The normalized spacial score (nSPS) is 13.2. The van der Waals surface area contributed by atoms with E-state index in [0.717, 1.165) is 0 Å². The highest BCUT2D eigenvalue weighted by atomic mass is 35.5. The molecule has 106 valence electrons. The monoisotopic (exact) mass is 303 g/mol. The predicted molar refractivity (Wildman–Crippen MR) is 78.9 cm³/mol. The molecular weight excluding hydrogens is 285 g/mol. The number of halogens is 2. The van der Waals surface area contributed by atoms with E-state index in [0.29, 0.717) is 17.0 Å². The van der Waals surface area contributed by atoms with Crippen molar-refractivity contribution in [2.45, 2.75) is 33.2 Å². The van der Waals surface area contributed by atoms with Crippen LogP contribution in [-0.4, -0.2) is 23.7 Å². The molecular formula is C14H19Cl2NO2. The van der Waals surface area contributed by atoms with Crippen LogP contribution in [0.5, 0.6) is 0 Å². The van der Waals surface area contributed by atoms with Crippen molar-refractivity contribution in [3.05, 3.63) is 33.8 Å². The van der Waals surface area contributed by atoms with Gasteiger partial charge in [-0.25, -0.2) is 0 Å². The molecule has 0 saturated heterocycles. The molecule has 0 saturated carbocycles. The van der Waals surface area contributed by atoms with Crippen molar-refractivity contribution in [2.24, 2.45) is 5.41 Å². The number of aliphatic hydroxyl groups excluding tert-OH is 1. The van der Waals surface area contributed by atoms with Crippen LogP contribution in [0.15, 0.2) is 18.2 Å². The fraction of sp³-hybridized carbons (Fsp3) is 0.500. The predicted octanol–water partition coefficient (Wildman–Crippen LogP) is 3.52. The molecule has 0 heterocycles. The van der Waals surface area contributed by atoms with Crippen molar-refractivity contribution in [2.75, 3.05) is 6.61 Å². The Morgan fingerprint density at radius 1 is 1.37 bits per heavy atom. The summed E-state index contributed by atoms with van der Waals surface area (Å²) in [5.74, 6) is -0.277. The van der Waals surface area contributed by atoms with Gasteiger partial charge in [0.2, 0.25) is 0 Å². The lowest BCUT2D eigenvalue weighted by atomic mass is 9.85. The highest BCUT2D eigenvalue weighted by Crippen LogP contribution is 2.27. The van der Waals surface area contributed by atoms with Crippen molar-refractivity contribution in [3.63, 3.8) is 0 Å². The average molecular weight is 304 g/mol. The van der Waals surface area contributed by atoms with E-state index in [9.17, 15) is 4.79 Å². The first-order valence-electron chi connectivity index (χ1n) is 6.13. The molecule has 1 aromatic carbocycles. The molecule has 2 N–H and O–H groups in total. The van der Waals surface area contributed by atoms with Gasteiger partial charge in [0.25, 0.3) is 5.91 Å². The minimum absolute atomic E-state index is 0.0193. The summed E-state index contributed by atoms with van der Waals surface area (Å²) >= 11 is 11.9. The maximum Gasteiger partial charge on any atom is 0.253 e. The molecule has 0 bridgehead atoms. The van der Waals surface area contributed by atoms with Gasteiger partial charge in [0.05, 0.1) is 15.6 Å². The summed E-state index contributed by atoms with van der Waals surface area (Å²) in [7, 11) is 0. The van der Waals surface area contributed by atoms with Gasteiger partial charge in [0.1, 0.15) is 0 Å². The Hall–Kier alpha value is -0.770. The molecule has 1 amide bonds. The van der Waals surface area contributed by atoms with Crippen LogP contribution >= 0.6 is 23.2 Å². The van der Waals surface area contributed by atoms with E-state index in [2.05, 4.69) is 5.32 Å². The van der Waals surface area contributed by atoms with E-state index >= 15 is 0 Å². The number of aliphatic hydroxyl groups is 1. The highest BCUT2D eigenvalue weighted by molar-refractivity contribution is 6.43. The Kier molecular flexibility index (Phi) is 5.65. The zero-order valence-corrected chi connectivity index (χ0v) is 12.8. The summed E-state index contributed by atoms with van der Waals surface area (Å²) < 4.78 is 0. The lowest BCUT2D eigenvalue weighted by molar-refractivity contribution is 0.0885. The van der Waals surface area contributed by atoms with Crippen LogP contribution in [0, 0.1) is 5.41 Å². The van der Waals surface area contributed by atoms with Crippen LogP contribution < -0.4 is 5.32 Å². The third-order valence-electron chi connectivity index (χ3n) is 2.96. The van der Waals surface area contributed by atoms with E-state index in [1.54, 1.807) is 18.2 Å². The number of nitrogens with one attached hydrogen (secondary N) is 1. The first-order valence-corrected chi connectivity index (χ1v) is 6.88. The molecule has 19 heavy (non-hydrogen) atoms. The van der Waals surface area contributed by atoms with Gasteiger partial charge in [0, 0.05) is 12.6 Å². The van der Waals surface area contributed by atoms with Gasteiger partial charge >= 0.3 is 0 Å². The van der Waals surface area contributed by atoms with Gasteiger partial charge in [-0.15, -0.1) is 0 Å². The fourth-order valence-electron chi connectivity index (χ4n) is 1.77. The molecule has 0 aliphatic rings. The largest absolute Gasteiger partial charge is 0.396 e. The second-order valence-electron chi connectivity index (χ2n) is 5.51. The lowest BCUT2D eigenvalue weighted by Crippen LogP contribution is -2.44. The molecule has 1 atom stereocenters. The van der Waals surface area contributed by atoms with Gasteiger partial charge < -0.3 is 10.4 Å². The summed E-state index contributed by atoms with van der Waals surface area (Å²) in [5, 5.41) is 12.6. The molecule has 1 aromatic rings. The van der Waals surface area contributed by atoms with E-state index in [-0.39, 0.29) is 29.0 Å². The van der Waals surface area contributed by atoms with Crippen molar-refractivity contribution >= 4 is 29.1 Å². The summed E-state index contributed by atoms with van der Waals surface area (Å²) in [6.07, 6.45) is 0.493. The van der Waals surface area contributed by atoms with Crippen LogP contribution in [0.3, 0.4) is 0 Å². The fourth-order valence-corrected chi connectivity index (χ4v) is 2.15. The van der Waals surface area contributed by atoms with Crippen molar-refractivity contribution in [1.29, 1.82) is 0 Å². The molecule has 0 aliphatic heterocycles. The van der Waals surface area contributed by atoms with Crippen LogP contribution in [0.1, 0.15) is 37.6 Å². The number of hydrogen-bond donors (Lipinski definition) is 2. The third kappa shape index (κ3) is 4.37. The first-order chi connectivity index (χ1) is 8.77. The molecule has 0 fully saturated rings. The molecule has 1 rings (SSSR count). The average Bonchev–Trinajstić information content (AvgIpc) is 2.30. The highest BCUT2D eigenvalue weighted by Gasteiger charge is 2.26. The van der Waals surface area contributed by atoms with Gasteiger partial charge in [-0.05, 0) is 24.0 Å². The van der Waals surface area contributed by atoms with Crippen LogP contribution in [0.25, 0.3) is 0 Å². The maximum atomic E-state index is 12.2. The summed E-state index contributed by atoms with van der Waals surface area (Å²) in [6, 6.07) is 4.80. The van der Waals surface area contributed by atoms with Crippen molar-refractivity contribution < 1.29 is 9.90 Å². The van der Waals surface area contributed by atoms with Gasteiger partial charge in [-0.1, -0.05) is 50.0 Å². The number of rotatable bonds is 4. The lowest BCUT2D eigenvalue weighted by Gasteiger charge is -2.31. The van der Waals surface area contributed by atoms with Crippen LogP contribution in [0.2, 0.25) is 10.0 Å². The summed E-state index contributed by atoms with van der Waals surface area (Å²) in [6.45, 7) is 6.04. The third-order valence-corrected chi connectivity index (χ3v) is 3.78. The second kappa shape index (κ2) is 6.60. The van der Waals surface area contributed by atoms with Crippen molar-refractivity contribution in [1.82, 2.24) is 5.32 Å². The number of benzene rings is 1. The van der Waals surface area contributed by atoms with E-state index < -0.39 is 0 Å². The van der Waals surface area contributed by atoms with Gasteiger partial charge in [-0.2, -0.15) is 0 Å². The molecule has 0 spiro atoms. The Morgan fingerprint density at radius 3 is 2.53 bits per heavy atom. The Labute approximate surface area is 123 Å². The Morgan fingerprint density at radius 2 is 2.00 bits per heavy atom. The van der Waals surface area contributed by atoms with E-state index in [1.807, 2.05) is 20.8 Å². The summed E-state index contributed by atoms with van der Waals surface area (Å²) in [5.41, 5.74) is 0.199. The minimum Gasteiger partial charge on any atom is -0.396 e. The van der Waals surface area contributed by atoms with Gasteiger partial charge in [-0.3, -0.25) is 4.79 Å². The molecule has 0 radical (unpaired) electrons. The smallest absolute Gasteiger partial charge is 0.253 e. The van der Waals surface area contributed by atoms with E-state index in [1.165, 1.54) is 0 Å².